The molecule has 0 N–H and O–H groups in total. The second kappa shape index (κ2) is 5.49. The van der Waals surface area contributed by atoms with Gasteiger partial charge in [-0.2, -0.15) is 0 Å². The van der Waals surface area contributed by atoms with Crippen molar-refractivity contribution >= 4 is 16.5 Å². The number of fused-ring (bicyclic) bond motifs is 1. The van der Waals surface area contributed by atoms with Crippen molar-refractivity contribution in [3.05, 3.63) is 41.1 Å². The molecule has 110 valence electrons. The highest BCUT2D eigenvalue weighted by atomic mass is 16.5. The second-order valence-corrected chi connectivity index (χ2v) is 5.94. The summed E-state index contributed by atoms with van der Waals surface area (Å²) < 4.78 is 5.53. The standard InChI is InChI=1S/C18H22N2O/c1-12-11-20(3)8-7-15(12)14-5-6-17-16(10-14)18(21-4)9-13(2)19-17/h5-6,9-10H,7-8,11H2,1-4H3. The third-order valence-electron chi connectivity index (χ3n) is 4.23. The number of hydrogen-bond donors (Lipinski definition) is 0. The molecule has 1 aliphatic rings. The van der Waals surface area contributed by atoms with Crippen LogP contribution >= 0.6 is 0 Å². The van der Waals surface area contributed by atoms with Crippen LogP contribution in [0.1, 0.15) is 24.6 Å². The Morgan fingerprint density at radius 1 is 1.19 bits per heavy atom. The molecular formula is C18H22N2O. The number of likely N-dealkylation sites (N-methyl/N-ethyl adjacent to an activating group) is 1. The summed E-state index contributed by atoms with van der Waals surface area (Å²) in [6.45, 7) is 6.41. The number of rotatable bonds is 2. The van der Waals surface area contributed by atoms with Gasteiger partial charge in [-0.25, -0.2) is 0 Å². The molecule has 3 rings (SSSR count). The lowest BCUT2D eigenvalue weighted by Gasteiger charge is -2.26. The molecule has 0 saturated heterocycles. The molecule has 3 heteroatoms. The van der Waals surface area contributed by atoms with Crippen LogP contribution in [-0.2, 0) is 0 Å². The normalized spacial score (nSPS) is 16.6. The van der Waals surface area contributed by atoms with Gasteiger partial charge in [-0.1, -0.05) is 11.6 Å². The number of aromatic nitrogens is 1. The Kier molecular flexibility index (Phi) is 3.68. The second-order valence-electron chi connectivity index (χ2n) is 5.94. The molecule has 0 fully saturated rings. The first-order valence-corrected chi connectivity index (χ1v) is 7.41. The van der Waals surface area contributed by atoms with Gasteiger partial charge in [-0.15, -0.1) is 0 Å². The minimum Gasteiger partial charge on any atom is -0.496 e. The van der Waals surface area contributed by atoms with E-state index in [9.17, 15) is 0 Å². The molecule has 0 saturated carbocycles. The number of hydrogen-bond acceptors (Lipinski definition) is 3. The van der Waals surface area contributed by atoms with Gasteiger partial charge >= 0.3 is 0 Å². The van der Waals surface area contributed by atoms with E-state index in [2.05, 4.69) is 42.1 Å². The highest BCUT2D eigenvalue weighted by molar-refractivity contribution is 5.89. The van der Waals surface area contributed by atoms with E-state index in [1.807, 2.05) is 13.0 Å². The smallest absolute Gasteiger partial charge is 0.130 e. The van der Waals surface area contributed by atoms with E-state index in [0.717, 1.165) is 41.9 Å². The van der Waals surface area contributed by atoms with E-state index in [-0.39, 0.29) is 0 Å². The fraction of sp³-hybridized carbons (Fsp3) is 0.389. The molecule has 0 radical (unpaired) electrons. The Morgan fingerprint density at radius 2 is 2.00 bits per heavy atom. The van der Waals surface area contributed by atoms with Gasteiger partial charge in [0.2, 0.25) is 0 Å². The minimum atomic E-state index is 0.908. The Morgan fingerprint density at radius 3 is 2.71 bits per heavy atom. The molecule has 0 spiro atoms. The topological polar surface area (TPSA) is 25.4 Å². The molecule has 0 bridgehead atoms. The van der Waals surface area contributed by atoms with Gasteiger partial charge in [0.15, 0.2) is 0 Å². The summed E-state index contributed by atoms with van der Waals surface area (Å²) in [6.07, 6.45) is 1.11. The molecule has 1 aromatic heterocycles. The molecule has 0 atom stereocenters. The predicted octanol–water partition coefficient (Wildman–Crippen LogP) is 3.66. The van der Waals surface area contributed by atoms with Crippen molar-refractivity contribution in [1.29, 1.82) is 0 Å². The number of aryl methyl sites for hydroxylation is 1. The number of methoxy groups -OCH3 is 1. The largest absolute Gasteiger partial charge is 0.496 e. The van der Waals surface area contributed by atoms with E-state index in [4.69, 9.17) is 4.74 Å². The van der Waals surface area contributed by atoms with Crippen LogP contribution in [-0.4, -0.2) is 37.1 Å². The quantitative estimate of drug-likeness (QED) is 0.840. The number of nitrogens with zero attached hydrogens (tertiary/aromatic N) is 2. The monoisotopic (exact) mass is 282 g/mol. The van der Waals surface area contributed by atoms with Crippen molar-refractivity contribution in [2.45, 2.75) is 20.3 Å². The van der Waals surface area contributed by atoms with Crippen molar-refractivity contribution in [2.75, 3.05) is 27.2 Å². The highest BCUT2D eigenvalue weighted by Crippen LogP contribution is 2.32. The van der Waals surface area contributed by atoms with Gasteiger partial charge in [0.05, 0.1) is 12.6 Å². The third kappa shape index (κ3) is 2.66. The first kappa shape index (κ1) is 14.1. The Labute approximate surface area is 126 Å². The van der Waals surface area contributed by atoms with Gasteiger partial charge < -0.3 is 9.64 Å². The van der Waals surface area contributed by atoms with Crippen LogP contribution in [0, 0.1) is 6.92 Å². The summed E-state index contributed by atoms with van der Waals surface area (Å²) in [5, 5.41) is 1.10. The summed E-state index contributed by atoms with van der Waals surface area (Å²) in [6, 6.07) is 8.53. The number of pyridine rings is 1. The van der Waals surface area contributed by atoms with E-state index < -0.39 is 0 Å². The van der Waals surface area contributed by atoms with Crippen molar-refractivity contribution in [1.82, 2.24) is 9.88 Å². The summed E-state index contributed by atoms with van der Waals surface area (Å²) in [4.78, 5) is 6.96. The average Bonchev–Trinajstić information content (AvgIpc) is 2.46. The third-order valence-corrected chi connectivity index (χ3v) is 4.23. The lowest BCUT2D eigenvalue weighted by Crippen LogP contribution is -2.26. The first-order chi connectivity index (χ1) is 10.1. The zero-order chi connectivity index (χ0) is 15.0. The molecule has 0 amide bonds. The summed E-state index contributed by atoms with van der Waals surface area (Å²) in [5.74, 6) is 0.908. The zero-order valence-electron chi connectivity index (χ0n) is 13.2. The van der Waals surface area contributed by atoms with Crippen LogP contribution in [0.15, 0.2) is 29.8 Å². The number of ether oxygens (including phenoxy) is 1. The summed E-state index contributed by atoms with van der Waals surface area (Å²) in [5.41, 5.74) is 6.22. The van der Waals surface area contributed by atoms with E-state index in [1.54, 1.807) is 7.11 Å². The first-order valence-electron chi connectivity index (χ1n) is 7.41. The molecule has 2 heterocycles. The van der Waals surface area contributed by atoms with Gasteiger partial charge in [0.25, 0.3) is 0 Å². The van der Waals surface area contributed by atoms with Crippen molar-refractivity contribution < 1.29 is 4.74 Å². The predicted molar refractivity (Wildman–Crippen MR) is 87.7 cm³/mol. The van der Waals surface area contributed by atoms with Gasteiger partial charge in [-0.05, 0) is 50.6 Å². The van der Waals surface area contributed by atoms with Gasteiger partial charge in [0, 0.05) is 30.2 Å². The maximum Gasteiger partial charge on any atom is 0.130 e. The molecule has 0 aliphatic carbocycles. The van der Waals surface area contributed by atoms with E-state index in [0.29, 0.717) is 0 Å². The summed E-state index contributed by atoms with van der Waals surface area (Å²) >= 11 is 0. The van der Waals surface area contributed by atoms with Crippen LogP contribution in [0.5, 0.6) is 5.75 Å². The lowest BCUT2D eigenvalue weighted by atomic mass is 9.93. The van der Waals surface area contributed by atoms with E-state index >= 15 is 0 Å². The molecule has 3 nitrogen and oxygen atoms in total. The van der Waals surface area contributed by atoms with Crippen LogP contribution in [0.3, 0.4) is 0 Å². The molecule has 2 aromatic rings. The highest BCUT2D eigenvalue weighted by Gasteiger charge is 2.15. The summed E-state index contributed by atoms with van der Waals surface area (Å²) in [7, 11) is 3.90. The van der Waals surface area contributed by atoms with Gasteiger partial charge in [-0.3, -0.25) is 4.98 Å². The van der Waals surface area contributed by atoms with Crippen LogP contribution < -0.4 is 4.74 Å². The number of benzene rings is 1. The molecular weight excluding hydrogens is 260 g/mol. The van der Waals surface area contributed by atoms with Crippen molar-refractivity contribution in [2.24, 2.45) is 0 Å². The zero-order valence-corrected chi connectivity index (χ0v) is 13.2. The molecule has 21 heavy (non-hydrogen) atoms. The van der Waals surface area contributed by atoms with Crippen LogP contribution in [0.4, 0.5) is 0 Å². The van der Waals surface area contributed by atoms with Gasteiger partial charge in [0.1, 0.15) is 5.75 Å². The average molecular weight is 282 g/mol. The van der Waals surface area contributed by atoms with Crippen LogP contribution in [0.25, 0.3) is 16.5 Å². The van der Waals surface area contributed by atoms with Crippen molar-refractivity contribution in [3.8, 4) is 5.75 Å². The Balaban J connectivity index is 2.13. The van der Waals surface area contributed by atoms with Crippen LogP contribution in [0.2, 0.25) is 0 Å². The maximum atomic E-state index is 5.53. The maximum absolute atomic E-state index is 5.53. The SMILES string of the molecule is COc1cc(C)nc2ccc(C3=C(C)CN(C)CC3)cc12. The van der Waals surface area contributed by atoms with E-state index in [1.165, 1.54) is 16.7 Å². The molecule has 1 aromatic carbocycles. The fourth-order valence-corrected chi connectivity index (χ4v) is 3.16. The minimum absolute atomic E-state index is 0.908. The Hall–Kier alpha value is -1.87. The molecule has 1 aliphatic heterocycles. The molecule has 0 unspecified atom stereocenters. The van der Waals surface area contributed by atoms with Crippen molar-refractivity contribution in [3.63, 3.8) is 0 Å². The fourth-order valence-electron chi connectivity index (χ4n) is 3.16. The lowest BCUT2D eigenvalue weighted by molar-refractivity contribution is 0.359. The Bertz CT molecular complexity index is 718.